The minimum atomic E-state index is -0.457. The highest BCUT2D eigenvalue weighted by molar-refractivity contribution is 5.46. The van der Waals surface area contributed by atoms with Crippen LogP contribution in [0.2, 0.25) is 0 Å². The summed E-state index contributed by atoms with van der Waals surface area (Å²) < 4.78 is 19.2. The number of allylic oxidation sites excluding steroid dienone is 1. The number of hydrogen-bond donors (Lipinski definition) is 0. The van der Waals surface area contributed by atoms with Gasteiger partial charge in [0.15, 0.2) is 0 Å². The average molecular weight is 189 g/mol. The molecule has 0 aromatic carbocycles. The zero-order chi connectivity index (χ0) is 9.50. The van der Waals surface area contributed by atoms with Gasteiger partial charge in [0, 0.05) is 17.8 Å². The highest BCUT2D eigenvalue weighted by atomic mass is 19.1. The zero-order valence-corrected chi connectivity index (χ0v) is 7.35. The highest BCUT2D eigenvalue weighted by Gasteiger charge is 2.79. The number of nitriles is 1. The molecule has 0 radical (unpaired) electrons. The van der Waals surface area contributed by atoms with E-state index in [2.05, 4.69) is 6.07 Å². The predicted molar refractivity (Wildman–Crippen MR) is 45.5 cm³/mol. The lowest BCUT2D eigenvalue weighted by Crippen LogP contribution is -2.35. The third-order valence-corrected chi connectivity index (χ3v) is 4.21. The lowest BCUT2D eigenvalue weighted by molar-refractivity contribution is -0.0256. The fourth-order valence-corrected chi connectivity index (χ4v) is 3.62. The third-order valence-electron chi connectivity index (χ3n) is 4.21. The number of nitrogens with zero attached hydrogens (tertiary/aromatic N) is 1. The first-order valence-electron chi connectivity index (χ1n) is 4.91. The van der Waals surface area contributed by atoms with Crippen LogP contribution in [-0.2, 0) is 4.74 Å². The highest BCUT2D eigenvalue weighted by Crippen LogP contribution is 2.76. The van der Waals surface area contributed by atoms with Crippen molar-refractivity contribution in [1.82, 2.24) is 0 Å². The molecule has 70 valence electrons. The van der Waals surface area contributed by atoms with Gasteiger partial charge in [0.2, 0.25) is 0 Å². The minimum absolute atomic E-state index is 0.0136. The number of rotatable bonds is 0. The largest absolute Gasteiger partial charge is 0.366 e. The molecule has 2 aliphatic heterocycles. The van der Waals surface area contributed by atoms with Crippen molar-refractivity contribution in [2.75, 3.05) is 0 Å². The number of fused-ring (bicyclic) bond motifs is 5. The van der Waals surface area contributed by atoms with E-state index in [-0.39, 0.29) is 35.8 Å². The molecule has 2 nitrogen and oxygen atoms in total. The Morgan fingerprint density at radius 1 is 1.43 bits per heavy atom. The van der Waals surface area contributed by atoms with Gasteiger partial charge in [0.1, 0.15) is 5.83 Å². The van der Waals surface area contributed by atoms with Gasteiger partial charge in [-0.1, -0.05) is 12.2 Å². The van der Waals surface area contributed by atoms with Crippen molar-refractivity contribution in [3.05, 3.63) is 24.1 Å². The van der Waals surface area contributed by atoms with E-state index in [9.17, 15) is 9.65 Å². The second-order valence-electron chi connectivity index (χ2n) is 4.58. The maximum atomic E-state index is 13.5. The molecule has 14 heavy (non-hydrogen) atoms. The van der Waals surface area contributed by atoms with Crippen LogP contribution in [0, 0.1) is 34.5 Å². The van der Waals surface area contributed by atoms with Crippen LogP contribution in [0.15, 0.2) is 24.1 Å². The van der Waals surface area contributed by atoms with Crippen molar-refractivity contribution in [1.29, 1.82) is 5.26 Å². The van der Waals surface area contributed by atoms with E-state index in [1.54, 1.807) is 6.08 Å². The predicted octanol–water partition coefficient (Wildman–Crippen LogP) is 1.56. The van der Waals surface area contributed by atoms with Gasteiger partial charge >= 0.3 is 0 Å². The maximum Gasteiger partial charge on any atom is 0.102 e. The Morgan fingerprint density at radius 3 is 3.00 bits per heavy atom. The first kappa shape index (κ1) is 7.19. The Morgan fingerprint density at radius 2 is 2.21 bits per heavy atom. The van der Waals surface area contributed by atoms with E-state index in [0.717, 1.165) is 0 Å². The lowest BCUT2D eigenvalue weighted by Gasteiger charge is -2.30. The fraction of sp³-hybridized carbons (Fsp3) is 0.545. The molecule has 2 aliphatic carbocycles. The molecule has 4 unspecified atom stereocenters. The average Bonchev–Trinajstić information content (AvgIpc) is 2.52. The molecule has 6 atom stereocenters. The van der Waals surface area contributed by atoms with Gasteiger partial charge in [-0.25, -0.2) is 4.39 Å². The van der Waals surface area contributed by atoms with Gasteiger partial charge in [-0.3, -0.25) is 0 Å². The molecule has 0 aromatic rings. The van der Waals surface area contributed by atoms with Crippen LogP contribution in [0.5, 0.6) is 0 Å². The molecule has 2 bridgehead atoms. The smallest absolute Gasteiger partial charge is 0.102 e. The summed E-state index contributed by atoms with van der Waals surface area (Å²) in [5.74, 6) is -0.212. The van der Waals surface area contributed by atoms with E-state index in [1.165, 1.54) is 0 Å². The number of hydrogen-bond acceptors (Lipinski definition) is 2. The Kier molecular flexibility index (Phi) is 0.926. The van der Waals surface area contributed by atoms with Crippen molar-refractivity contribution in [2.45, 2.75) is 12.2 Å². The SMILES string of the molecule is N#C[C@]12C3C(F)=CC1[C@@H]1C=CC(O1)C32. The van der Waals surface area contributed by atoms with E-state index in [4.69, 9.17) is 4.74 Å². The summed E-state index contributed by atoms with van der Waals surface area (Å²) in [6.07, 6.45) is 5.50. The molecule has 0 N–H and O–H groups in total. The normalized spacial score (nSPS) is 60.6. The van der Waals surface area contributed by atoms with E-state index in [0.29, 0.717) is 0 Å². The molecule has 0 spiro atoms. The molecule has 1 saturated heterocycles. The number of halogens is 1. The molecule has 2 fully saturated rings. The van der Waals surface area contributed by atoms with Gasteiger partial charge in [-0.05, 0) is 6.08 Å². The molecule has 4 aliphatic rings. The van der Waals surface area contributed by atoms with Crippen LogP contribution < -0.4 is 0 Å². The van der Waals surface area contributed by atoms with Gasteiger partial charge in [-0.15, -0.1) is 0 Å². The van der Waals surface area contributed by atoms with Gasteiger partial charge in [-0.2, -0.15) is 5.26 Å². The first-order valence-corrected chi connectivity index (χ1v) is 4.91. The molecule has 3 heteroatoms. The molecule has 1 saturated carbocycles. The van der Waals surface area contributed by atoms with E-state index < -0.39 is 5.41 Å². The number of ether oxygens (including phenoxy) is 1. The van der Waals surface area contributed by atoms with Crippen molar-refractivity contribution in [3.8, 4) is 6.07 Å². The molecule has 0 amide bonds. The molecular formula is C11H8FNO. The van der Waals surface area contributed by atoms with Crippen LogP contribution in [0.25, 0.3) is 0 Å². The summed E-state index contributed by atoms with van der Waals surface area (Å²) in [6, 6.07) is 2.34. The minimum Gasteiger partial charge on any atom is -0.366 e. The second-order valence-corrected chi connectivity index (χ2v) is 4.58. The first-order chi connectivity index (χ1) is 6.79. The van der Waals surface area contributed by atoms with Crippen LogP contribution in [-0.4, -0.2) is 12.2 Å². The van der Waals surface area contributed by atoms with Crippen molar-refractivity contribution < 1.29 is 9.13 Å². The molecule has 2 heterocycles. The standard InChI is InChI=1S/C11H8FNO/c12-6-3-5-7-1-2-8(14-7)10-9(6)11(5,10)4-13/h1-3,5,7-10H/t5?,7-,8?,9?,10?,11+/m0/s1. The van der Waals surface area contributed by atoms with Crippen LogP contribution >= 0.6 is 0 Å². The van der Waals surface area contributed by atoms with E-state index >= 15 is 0 Å². The summed E-state index contributed by atoms with van der Waals surface area (Å²) in [7, 11) is 0. The summed E-state index contributed by atoms with van der Waals surface area (Å²) in [4.78, 5) is 0. The molecule has 4 rings (SSSR count). The van der Waals surface area contributed by atoms with E-state index in [1.807, 2.05) is 12.2 Å². The quantitative estimate of drug-likeness (QED) is 0.542. The molecular weight excluding hydrogens is 181 g/mol. The Hall–Kier alpha value is -1.14. The lowest BCUT2D eigenvalue weighted by atomic mass is 9.84. The van der Waals surface area contributed by atoms with Crippen molar-refractivity contribution >= 4 is 0 Å². The fourth-order valence-electron chi connectivity index (χ4n) is 3.62. The summed E-state index contributed by atoms with van der Waals surface area (Å²) in [5.41, 5.74) is -0.457. The zero-order valence-electron chi connectivity index (χ0n) is 7.35. The van der Waals surface area contributed by atoms with Gasteiger partial charge in [0.25, 0.3) is 0 Å². The maximum absolute atomic E-state index is 13.5. The Bertz CT molecular complexity index is 435. The van der Waals surface area contributed by atoms with Crippen LogP contribution in [0.3, 0.4) is 0 Å². The van der Waals surface area contributed by atoms with Crippen molar-refractivity contribution in [2.24, 2.45) is 23.2 Å². The van der Waals surface area contributed by atoms with Crippen LogP contribution in [0.1, 0.15) is 0 Å². The summed E-state index contributed by atoms with van der Waals surface area (Å²) in [6.45, 7) is 0. The van der Waals surface area contributed by atoms with Gasteiger partial charge in [0.05, 0.1) is 23.7 Å². The van der Waals surface area contributed by atoms with Gasteiger partial charge < -0.3 is 4.74 Å². The Labute approximate surface area is 80.7 Å². The van der Waals surface area contributed by atoms with Crippen LogP contribution in [0.4, 0.5) is 4.39 Å². The summed E-state index contributed by atoms with van der Waals surface area (Å²) >= 11 is 0. The monoisotopic (exact) mass is 189 g/mol. The second kappa shape index (κ2) is 1.80. The van der Waals surface area contributed by atoms with Crippen molar-refractivity contribution in [3.63, 3.8) is 0 Å². The third kappa shape index (κ3) is 0.481. The molecule has 0 aromatic heterocycles. The Balaban J connectivity index is 1.94. The topological polar surface area (TPSA) is 33.0 Å². The summed E-state index contributed by atoms with van der Waals surface area (Å²) in [5, 5.41) is 9.22.